The van der Waals surface area contributed by atoms with Gasteiger partial charge in [0, 0.05) is 24.2 Å². The molecular formula is C25H28FN3O3. The highest BCUT2D eigenvalue weighted by Gasteiger charge is 2.41. The summed E-state index contributed by atoms with van der Waals surface area (Å²) in [7, 11) is 0. The van der Waals surface area contributed by atoms with Crippen molar-refractivity contribution in [2.75, 3.05) is 19.6 Å². The average molecular weight is 438 g/mol. The van der Waals surface area contributed by atoms with Gasteiger partial charge >= 0.3 is 5.97 Å². The number of nitrogens with one attached hydrogen (secondary N) is 1. The van der Waals surface area contributed by atoms with Gasteiger partial charge in [-0.2, -0.15) is 0 Å². The maximum absolute atomic E-state index is 13.8. The molecule has 2 heterocycles. The molecule has 0 aromatic heterocycles. The standard InChI is InChI=1S/C25H28FN3O3/c1-2-21-23(15-6-8-16(9-7-15)25(31)32)20-13-29(14-22(20)28-21)24(30)19(10-11-27)17-4-3-5-18(26)12-17/h3-9,12,19,21,23,28H,2,10-11,13-14,27H2,1H3,(H,31,32). The summed E-state index contributed by atoms with van der Waals surface area (Å²) in [6.07, 6.45) is 1.36. The van der Waals surface area contributed by atoms with Gasteiger partial charge in [0.2, 0.25) is 5.91 Å². The van der Waals surface area contributed by atoms with E-state index in [1.165, 1.54) is 17.7 Å². The predicted octanol–water partition coefficient (Wildman–Crippen LogP) is 3.22. The lowest BCUT2D eigenvalue weighted by molar-refractivity contribution is -0.131. The number of carbonyl (C=O) groups excluding carboxylic acids is 1. The molecule has 0 bridgehead atoms. The van der Waals surface area contributed by atoms with Crippen LogP contribution in [0.5, 0.6) is 0 Å². The molecule has 0 radical (unpaired) electrons. The quantitative estimate of drug-likeness (QED) is 0.618. The summed E-state index contributed by atoms with van der Waals surface area (Å²) in [5.41, 5.74) is 9.94. The number of hydrogen-bond donors (Lipinski definition) is 3. The molecule has 0 aliphatic carbocycles. The second kappa shape index (κ2) is 9.12. The number of nitrogens with two attached hydrogens (primary N) is 1. The highest BCUT2D eigenvalue weighted by molar-refractivity contribution is 5.87. The van der Waals surface area contributed by atoms with Crippen molar-refractivity contribution in [2.24, 2.45) is 5.73 Å². The van der Waals surface area contributed by atoms with Crippen molar-refractivity contribution in [1.29, 1.82) is 0 Å². The van der Waals surface area contributed by atoms with Crippen LogP contribution >= 0.6 is 0 Å². The lowest BCUT2D eigenvalue weighted by Gasteiger charge is -2.29. The first-order chi connectivity index (χ1) is 15.4. The summed E-state index contributed by atoms with van der Waals surface area (Å²) < 4.78 is 13.8. The van der Waals surface area contributed by atoms with E-state index in [4.69, 9.17) is 5.73 Å². The normalized spacial score (nSPS) is 20.8. The van der Waals surface area contributed by atoms with Crippen LogP contribution in [0.25, 0.3) is 0 Å². The van der Waals surface area contributed by atoms with Crippen LogP contribution in [0.4, 0.5) is 4.39 Å². The van der Waals surface area contributed by atoms with Crippen LogP contribution in [0.1, 0.15) is 53.1 Å². The third-order valence-electron chi connectivity index (χ3n) is 6.51. The molecule has 0 saturated carbocycles. The minimum atomic E-state index is -0.950. The molecule has 168 valence electrons. The second-order valence-corrected chi connectivity index (χ2v) is 8.45. The molecule has 2 aromatic rings. The molecule has 4 N–H and O–H groups in total. The van der Waals surface area contributed by atoms with Crippen molar-refractivity contribution in [3.8, 4) is 0 Å². The summed E-state index contributed by atoms with van der Waals surface area (Å²) in [6.45, 7) is 3.44. The number of carbonyl (C=O) groups is 2. The van der Waals surface area contributed by atoms with Crippen molar-refractivity contribution in [3.05, 3.63) is 82.3 Å². The predicted molar refractivity (Wildman–Crippen MR) is 120 cm³/mol. The molecule has 2 aromatic carbocycles. The monoisotopic (exact) mass is 437 g/mol. The number of nitrogens with zero attached hydrogens (tertiary/aromatic N) is 1. The fraction of sp³-hybridized carbons (Fsp3) is 0.360. The van der Waals surface area contributed by atoms with Gasteiger partial charge in [-0.05, 0) is 60.4 Å². The largest absolute Gasteiger partial charge is 0.478 e. The molecule has 0 spiro atoms. The molecule has 32 heavy (non-hydrogen) atoms. The molecular weight excluding hydrogens is 409 g/mol. The molecule has 1 amide bonds. The Labute approximate surface area is 186 Å². The Kier molecular flexibility index (Phi) is 6.28. The van der Waals surface area contributed by atoms with Gasteiger partial charge in [-0.1, -0.05) is 31.2 Å². The van der Waals surface area contributed by atoms with Gasteiger partial charge in [0.05, 0.1) is 18.0 Å². The van der Waals surface area contributed by atoms with E-state index in [0.29, 0.717) is 31.6 Å². The number of amides is 1. The lowest BCUT2D eigenvalue weighted by atomic mass is 9.85. The van der Waals surface area contributed by atoms with Crippen molar-refractivity contribution in [1.82, 2.24) is 10.2 Å². The Hall–Kier alpha value is -3.19. The number of rotatable bonds is 7. The number of benzene rings is 2. The van der Waals surface area contributed by atoms with E-state index in [1.807, 2.05) is 17.0 Å². The molecule has 3 unspecified atom stereocenters. The number of carboxylic acids is 1. The first-order valence-electron chi connectivity index (χ1n) is 11.0. The molecule has 0 fully saturated rings. The van der Waals surface area contributed by atoms with E-state index in [-0.39, 0.29) is 29.2 Å². The molecule has 3 atom stereocenters. The third-order valence-corrected chi connectivity index (χ3v) is 6.51. The summed E-state index contributed by atoms with van der Waals surface area (Å²) >= 11 is 0. The number of halogens is 1. The van der Waals surface area contributed by atoms with E-state index >= 15 is 0 Å². The maximum Gasteiger partial charge on any atom is 0.335 e. The Morgan fingerprint density at radius 2 is 1.97 bits per heavy atom. The SMILES string of the molecule is CCC1NC2=C(CN(C(=O)C(CCN)c3cccc(F)c3)C2)C1c1ccc(C(=O)O)cc1. The Morgan fingerprint density at radius 1 is 1.22 bits per heavy atom. The van der Waals surface area contributed by atoms with Crippen LogP contribution in [0.15, 0.2) is 59.8 Å². The van der Waals surface area contributed by atoms with E-state index in [2.05, 4.69) is 12.2 Å². The Morgan fingerprint density at radius 3 is 2.59 bits per heavy atom. The molecule has 4 rings (SSSR count). The van der Waals surface area contributed by atoms with Crippen LogP contribution in [0.3, 0.4) is 0 Å². The van der Waals surface area contributed by atoms with Crippen molar-refractivity contribution >= 4 is 11.9 Å². The van der Waals surface area contributed by atoms with Gasteiger partial charge in [0.15, 0.2) is 0 Å². The van der Waals surface area contributed by atoms with E-state index in [9.17, 15) is 19.1 Å². The van der Waals surface area contributed by atoms with Gasteiger partial charge in [0.1, 0.15) is 5.82 Å². The van der Waals surface area contributed by atoms with E-state index < -0.39 is 11.9 Å². The van der Waals surface area contributed by atoms with Crippen LogP contribution in [-0.2, 0) is 4.79 Å². The summed E-state index contributed by atoms with van der Waals surface area (Å²) in [6, 6.07) is 13.4. The zero-order valence-electron chi connectivity index (χ0n) is 18.1. The minimum Gasteiger partial charge on any atom is -0.478 e. The highest BCUT2D eigenvalue weighted by Crippen LogP contribution is 2.41. The van der Waals surface area contributed by atoms with Crippen LogP contribution in [-0.4, -0.2) is 47.6 Å². The van der Waals surface area contributed by atoms with Gasteiger partial charge in [-0.15, -0.1) is 0 Å². The number of aromatic carboxylic acids is 1. The Bertz CT molecular complexity index is 1050. The van der Waals surface area contributed by atoms with Crippen LogP contribution < -0.4 is 11.1 Å². The van der Waals surface area contributed by atoms with E-state index in [1.54, 1.807) is 24.3 Å². The van der Waals surface area contributed by atoms with Crippen molar-refractivity contribution in [3.63, 3.8) is 0 Å². The van der Waals surface area contributed by atoms with Gasteiger partial charge in [-0.3, -0.25) is 4.79 Å². The fourth-order valence-electron chi connectivity index (χ4n) is 4.93. The van der Waals surface area contributed by atoms with Crippen molar-refractivity contribution < 1.29 is 19.1 Å². The van der Waals surface area contributed by atoms with Gasteiger partial charge in [0.25, 0.3) is 0 Å². The minimum absolute atomic E-state index is 0.0507. The van der Waals surface area contributed by atoms with Crippen LogP contribution in [0.2, 0.25) is 0 Å². The summed E-state index contributed by atoms with van der Waals surface area (Å²) in [5, 5.41) is 12.8. The van der Waals surface area contributed by atoms with Gasteiger partial charge in [-0.25, -0.2) is 9.18 Å². The zero-order valence-corrected chi connectivity index (χ0v) is 18.1. The summed E-state index contributed by atoms with van der Waals surface area (Å²) in [4.78, 5) is 26.4. The Balaban J connectivity index is 1.56. The second-order valence-electron chi connectivity index (χ2n) is 8.45. The lowest BCUT2D eigenvalue weighted by Crippen LogP contribution is -2.39. The van der Waals surface area contributed by atoms with Crippen LogP contribution in [0, 0.1) is 5.82 Å². The molecule has 7 heteroatoms. The van der Waals surface area contributed by atoms with Crippen molar-refractivity contribution in [2.45, 2.75) is 37.6 Å². The van der Waals surface area contributed by atoms with E-state index in [0.717, 1.165) is 17.7 Å². The molecule has 2 aliphatic rings. The molecule has 2 aliphatic heterocycles. The topological polar surface area (TPSA) is 95.7 Å². The molecule has 0 saturated heterocycles. The fourth-order valence-corrected chi connectivity index (χ4v) is 4.93. The average Bonchev–Trinajstić information content (AvgIpc) is 3.34. The number of carboxylic acid groups (broad SMARTS) is 1. The maximum atomic E-state index is 13.8. The van der Waals surface area contributed by atoms with Gasteiger partial charge < -0.3 is 21.1 Å². The third kappa shape index (κ3) is 4.12. The smallest absolute Gasteiger partial charge is 0.335 e. The number of hydrogen-bond acceptors (Lipinski definition) is 4. The first kappa shape index (κ1) is 22.0. The first-order valence-corrected chi connectivity index (χ1v) is 11.0. The highest BCUT2D eigenvalue weighted by atomic mass is 19.1. The zero-order chi connectivity index (χ0) is 22.8. The molecule has 6 nitrogen and oxygen atoms in total. The summed E-state index contributed by atoms with van der Waals surface area (Å²) in [5.74, 6) is -1.76.